The number of carboxylic acid groups (broad SMARTS) is 1. The smallest absolute Gasteiger partial charge is 0.329 e. The summed E-state index contributed by atoms with van der Waals surface area (Å²) in [4.78, 5) is 23.2. The molecule has 1 aromatic carbocycles. The average molecular weight is 332 g/mol. The van der Waals surface area contributed by atoms with Crippen LogP contribution < -0.4 is 5.32 Å². The van der Waals surface area contributed by atoms with Gasteiger partial charge in [0.15, 0.2) is 0 Å². The molecule has 1 atom stereocenters. The molecule has 0 radical (unpaired) electrons. The maximum Gasteiger partial charge on any atom is 0.329 e. The number of carbonyl (C=O) groups is 2. The van der Waals surface area contributed by atoms with E-state index in [1.807, 2.05) is 6.92 Å². The van der Waals surface area contributed by atoms with Gasteiger partial charge in [-0.25, -0.2) is 9.18 Å². The molecule has 0 saturated carbocycles. The number of amides is 1. The number of rotatable bonds is 5. The molecule has 0 fully saturated rings. The fraction of sp³-hybridized carbons (Fsp3) is 0.385. The minimum atomic E-state index is -1.40. The molecule has 0 spiro atoms. The first-order valence-electron chi connectivity index (χ1n) is 5.81. The van der Waals surface area contributed by atoms with Gasteiger partial charge in [-0.15, -0.1) is 0 Å². The van der Waals surface area contributed by atoms with E-state index in [2.05, 4.69) is 21.2 Å². The maximum absolute atomic E-state index is 13.8. The van der Waals surface area contributed by atoms with Crippen LogP contribution in [-0.4, -0.2) is 22.5 Å². The van der Waals surface area contributed by atoms with Crippen molar-refractivity contribution in [1.29, 1.82) is 0 Å². The summed E-state index contributed by atoms with van der Waals surface area (Å²) in [7, 11) is 0. The third-order valence-corrected chi connectivity index (χ3v) is 3.42. The van der Waals surface area contributed by atoms with E-state index in [1.54, 1.807) is 0 Å². The highest BCUT2D eigenvalue weighted by molar-refractivity contribution is 9.10. The van der Waals surface area contributed by atoms with Crippen molar-refractivity contribution >= 4 is 27.8 Å². The maximum atomic E-state index is 13.8. The lowest BCUT2D eigenvalue weighted by atomic mass is 9.95. The largest absolute Gasteiger partial charge is 0.480 e. The number of hydrogen-bond donors (Lipinski definition) is 2. The normalized spacial score (nSPS) is 13.7. The zero-order valence-corrected chi connectivity index (χ0v) is 12.3. The van der Waals surface area contributed by atoms with Crippen molar-refractivity contribution in [3.05, 3.63) is 34.1 Å². The fourth-order valence-corrected chi connectivity index (χ4v) is 2.09. The SMILES string of the molecule is CCCC(C)(NC(=O)c1cccc(Br)c1F)C(=O)O. The van der Waals surface area contributed by atoms with E-state index in [-0.39, 0.29) is 16.5 Å². The van der Waals surface area contributed by atoms with Crippen LogP contribution in [-0.2, 0) is 4.79 Å². The van der Waals surface area contributed by atoms with Crippen molar-refractivity contribution in [3.8, 4) is 0 Å². The van der Waals surface area contributed by atoms with Crippen molar-refractivity contribution in [3.63, 3.8) is 0 Å². The van der Waals surface area contributed by atoms with Gasteiger partial charge in [0.1, 0.15) is 11.4 Å². The Labute approximate surface area is 119 Å². The quantitative estimate of drug-likeness (QED) is 0.871. The molecule has 0 aromatic heterocycles. The molecular weight excluding hydrogens is 317 g/mol. The lowest BCUT2D eigenvalue weighted by Gasteiger charge is -2.25. The van der Waals surface area contributed by atoms with Gasteiger partial charge in [-0.2, -0.15) is 0 Å². The molecule has 0 bridgehead atoms. The predicted molar refractivity (Wildman–Crippen MR) is 72.5 cm³/mol. The third-order valence-electron chi connectivity index (χ3n) is 2.81. The molecule has 0 aliphatic rings. The van der Waals surface area contributed by atoms with Crippen LogP contribution in [0.5, 0.6) is 0 Å². The van der Waals surface area contributed by atoms with E-state index < -0.39 is 23.2 Å². The van der Waals surface area contributed by atoms with E-state index in [4.69, 9.17) is 5.11 Å². The minimum Gasteiger partial charge on any atom is -0.480 e. The van der Waals surface area contributed by atoms with E-state index >= 15 is 0 Å². The van der Waals surface area contributed by atoms with Crippen LogP contribution in [0, 0.1) is 5.82 Å². The van der Waals surface area contributed by atoms with Crippen LogP contribution in [0.15, 0.2) is 22.7 Å². The van der Waals surface area contributed by atoms with Crippen LogP contribution in [0.2, 0.25) is 0 Å². The second kappa shape index (κ2) is 6.14. The number of nitrogens with one attached hydrogen (secondary N) is 1. The standard InChI is InChI=1S/C13H15BrFNO3/c1-3-7-13(2,12(18)19)16-11(17)8-5-4-6-9(14)10(8)15/h4-6H,3,7H2,1-2H3,(H,16,17)(H,18,19). The summed E-state index contributed by atoms with van der Waals surface area (Å²) in [5.74, 6) is -2.58. The Kier molecular flexibility index (Phi) is 5.05. The summed E-state index contributed by atoms with van der Waals surface area (Å²) in [5.41, 5.74) is -1.58. The third kappa shape index (κ3) is 3.53. The first-order valence-corrected chi connectivity index (χ1v) is 6.61. The molecule has 0 aliphatic carbocycles. The lowest BCUT2D eigenvalue weighted by Crippen LogP contribution is -2.52. The van der Waals surface area contributed by atoms with Crippen molar-refractivity contribution in [1.82, 2.24) is 5.32 Å². The van der Waals surface area contributed by atoms with Gasteiger partial charge in [0, 0.05) is 0 Å². The van der Waals surface area contributed by atoms with Gasteiger partial charge in [0.05, 0.1) is 10.0 Å². The topological polar surface area (TPSA) is 66.4 Å². The molecule has 0 aliphatic heterocycles. The van der Waals surface area contributed by atoms with Crippen LogP contribution >= 0.6 is 15.9 Å². The average Bonchev–Trinajstić information content (AvgIpc) is 2.32. The fourth-order valence-electron chi connectivity index (χ4n) is 1.72. The molecule has 0 saturated heterocycles. The first kappa shape index (κ1) is 15.6. The number of benzene rings is 1. The summed E-state index contributed by atoms with van der Waals surface area (Å²) in [6.45, 7) is 3.22. The van der Waals surface area contributed by atoms with Gasteiger partial charge in [-0.1, -0.05) is 19.4 Å². The number of halogens is 2. The Bertz CT molecular complexity index is 507. The highest BCUT2D eigenvalue weighted by Gasteiger charge is 2.34. The molecule has 1 aromatic rings. The molecule has 4 nitrogen and oxygen atoms in total. The van der Waals surface area contributed by atoms with Gasteiger partial charge in [0.2, 0.25) is 0 Å². The van der Waals surface area contributed by atoms with Gasteiger partial charge >= 0.3 is 5.97 Å². The van der Waals surface area contributed by atoms with Gasteiger partial charge in [-0.05, 0) is 41.4 Å². The number of carbonyl (C=O) groups excluding carboxylic acids is 1. The van der Waals surface area contributed by atoms with Gasteiger partial charge < -0.3 is 10.4 Å². The van der Waals surface area contributed by atoms with Crippen molar-refractivity contribution in [2.24, 2.45) is 0 Å². The molecule has 6 heteroatoms. The monoisotopic (exact) mass is 331 g/mol. The number of hydrogen-bond acceptors (Lipinski definition) is 2. The Balaban J connectivity index is 3.01. The van der Waals surface area contributed by atoms with E-state index in [9.17, 15) is 14.0 Å². The molecule has 1 amide bonds. The van der Waals surface area contributed by atoms with Gasteiger partial charge in [-0.3, -0.25) is 4.79 Å². The molecule has 19 heavy (non-hydrogen) atoms. The predicted octanol–water partition coefficient (Wildman–Crippen LogP) is 2.96. The summed E-state index contributed by atoms with van der Waals surface area (Å²) in [6.07, 6.45) is 0.855. The minimum absolute atomic E-state index is 0.160. The first-order chi connectivity index (χ1) is 8.81. The Morgan fingerprint density at radius 2 is 2.11 bits per heavy atom. The zero-order valence-electron chi connectivity index (χ0n) is 10.7. The van der Waals surface area contributed by atoms with E-state index in [0.717, 1.165) is 0 Å². The highest BCUT2D eigenvalue weighted by atomic mass is 79.9. The summed E-state index contributed by atoms with van der Waals surface area (Å²) >= 11 is 2.98. The van der Waals surface area contributed by atoms with Crippen LogP contribution in [0.4, 0.5) is 4.39 Å². The highest BCUT2D eigenvalue weighted by Crippen LogP contribution is 2.20. The molecule has 1 unspecified atom stereocenters. The molecule has 0 heterocycles. The lowest BCUT2D eigenvalue weighted by molar-refractivity contribution is -0.144. The van der Waals surface area contributed by atoms with Crippen molar-refractivity contribution < 1.29 is 19.1 Å². The van der Waals surface area contributed by atoms with Crippen molar-refractivity contribution in [2.75, 3.05) is 0 Å². The Morgan fingerprint density at radius 1 is 1.47 bits per heavy atom. The van der Waals surface area contributed by atoms with Crippen LogP contribution in [0.25, 0.3) is 0 Å². The number of carboxylic acids is 1. The second-order valence-corrected chi connectivity index (χ2v) is 5.30. The summed E-state index contributed by atoms with van der Waals surface area (Å²) in [6, 6.07) is 4.29. The van der Waals surface area contributed by atoms with Crippen molar-refractivity contribution in [2.45, 2.75) is 32.2 Å². The Morgan fingerprint density at radius 3 is 2.63 bits per heavy atom. The van der Waals surface area contributed by atoms with Gasteiger partial charge in [0.25, 0.3) is 5.91 Å². The van der Waals surface area contributed by atoms with E-state index in [1.165, 1.54) is 25.1 Å². The summed E-state index contributed by atoms with van der Waals surface area (Å²) in [5, 5.41) is 11.5. The Hall–Kier alpha value is -1.43. The van der Waals surface area contributed by atoms with E-state index in [0.29, 0.717) is 6.42 Å². The second-order valence-electron chi connectivity index (χ2n) is 4.44. The summed E-state index contributed by atoms with van der Waals surface area (Å²) < 4.78 is 13.9. The molecule has 2 N–H and O–H groups in total. The zero-order chi connectivity index (χ0) is 14.6. The number of aliphatic carboxylic acids is 1. The van der Waals surface area contributed by atoms with Crippen LogP contribution in [0.3, 0.4) is 0 Å². The molecular formula is C13H15BrFNO3. The van der Waals surface area contributed by atoms with Crippen LogP contribution in [0.1, 0.15) is 37.0 Å². The molecule has 1 rings (SSSR count). The molecule has 104 valence electrons.